The van der Waals surface area contributed by atoms with Gasteiger partial charge in [-0.2, -0.15) is 0 Å². The van der Waals surface area contributed by atoms with Crippen molar-refractivity contribution in [1.82, 2.24) is 9.47 Å². The molecule has 7 rings (SSSR count). The molecule has 6 nitrogen and oxygen atoms in total. The van der Waals surface area contributed by atoms with Gasteiger partial charge in [0, 0.05) is 37.1 Å². The first-order chi connectivity index (χ1) is 20.9. The molecular weight excluding hydrogens is 543 g/mol. The third-order valence-corrected chi connectivity index (χ3v) is 12.0. The summed E-state index contributed by atoms with van der Waals surface area (Å²) in [6.45, 7) is 2.36. The van der Waals surface area contributed by atoms with Crippen LogP contribution in [0, 0.1) is 29.6 Å². The topological polar surface area (TPSA) is 68.6 Å². The largest absolute Gasteiger partial charge is 0.434 e. The molecule has 1 aromatic carbocycles. The highest BCUT2D eigenvalue weighted by atomic mass is 19.1. The fraction of sp³-hybridized carbons (Fsp3) is 0.694. The molecule has 1 aromatic heterocycles. The zero-order valence-electron chi connectivity index (χ0n) is 25.7. The van der Waals surface area contributed by atoms with Gasteiger partial charge in [0.15, 0.2) is 11.5 Å². The summed E-state index contributed by atoms with van der Waals surface area (Å²) in [6.07, 6.45) is 14.4. The number of fused-ring (bicyclic) bond motifs is 4. The summed E-state index contributed by atoms with van der Waals surface area (Å²) in [6, 6.07) is 7.72. The number of aromatic nitrogens is 1. The van der Waals surface area contributed by atoms with Gasteiger partial charge in [-0.3, -0.25) is 18.5 Å². The van der Waals surface area contributed by atoms with Gasteiger partial charge in [0.2, 0.25) is 5.91 Å². The maximum absolute atomic E-state index is 14.3. The minimum atomic E-state index is -0.549. The molecule has 4 fully saturated rings. The van der Waals surface area contributed by atoms with Crippen LogP contribution in [0.2, 0.25) is 0 Å². The van der Waals surface area contributed by atoms with Gasteiger partial charge in [-0.05, 0) is 92.4 Å². The summed E-state index contributed by atoms with van der Waals surface area (Å²) in [7, 11) is 0. The van der Waals surface area contributed by atoms with Crippen molar-refractivity contribution in [3.63, 3.8) is 0 Å². The minimum absolute atomic E-state index is 0.0498. The van der Waals surface area contributed by atoms with Crippen LogP contribution in [0.4, 0.5) is 4.39 Å². The van der Waals surface area contributed by atoms with Crippen molar-refractivity contribution in [1.29, 1.82) is 0 Å². The van der Waals surface area contributed by atoms with Gasteiger partial charge < -0.3 is 9.64 Å². The monoisotopic (exact) mass is 590 g/mol. The molecule has 0 bridgehead atoms. The number of ketones is 1. The zero-order valence-corrected chi connectivity index (χ0v) is 25.7. The third-order valence-electron chi connectivity index (χ3n) is 12.0. The first-order valence-electron chi connectivity index (χ1n) is 17.2. The molecular formula is C36H47FN2O4. The van der Waals surface area contributed by atoms with Gasteiger partial charge >= 0.3 is 5.97 Å². The van der Waals surface area contributed by atoms with Crippen LogP contribution >= 0.6 is 0 Å². The number of amides is 1. The van der Waals surface area contributed by atoms with Crippen LogP contribution in [0.5, 0.6) is 0 Å². The van der Waals surface area contributed by atoms with Gasteiger partial charge in [-0.1, -0.05) is 45.1 Å². The molecule has 232 valence electrons. The summed E-state index contributed by atoms with van der Waals surface area (Å²) < 4.78 is 21.3. The number of carbonyl (C=O) groups is 3. The van der Waals surface area contributed by atoms with Gasteiger partial charge in [-0.25, -0.2) is 4.79 Å². The Balaban J connectivity index is 1.12. The van der Waals surface area contributed by atoms with Crippen LogP contribution in [0.15, 0.2) is 24.3 Å². The Labute approximate surface area is 254 Å². The number of ether oxygens (including phenoxy) is 1. The maximum Gasteiger partial charge on any atom is 0.357 e. The van der Waals surface area contributed by atoms with E-state index < -0.39 is 5.72 Å². The standard InChI is InChI=1S/C36H47FN2O4/c1-23(22-37)25-10-12-27(13-11-25)34(41)38-18-15-29(26-7-3-2-4-8-26)33(38)32(40)20-24-9-14-30-28(19-24)21-31-35(42)43-36(39(30)31)16-5-6-17-36/h9,14,19,21,23,25-27,29,33H,2-8,10-13,15-18,20,22H2,1H3/t23-,25?,27?,29+,33+/m1/s1. The van der Waals surface area contributed by atoms with Crippen LogP contribution < -0.4 is 0 Å². The van der Waals surface area contributed by atoms with E-state index in [1.54, 1.807) is 0 Å². The van der Waals surface area contributed by atoms with Crippen LogP contribution in [0.1, 0.15) is 113 Å². The van der Waals surface area contributed by atoms with E-state index in [4.69, 9.17) is 4.74 Å². The number of Topliss-reactive ketones (excluding diaryl/α,β-unsaturated/α-hetero) is 1. The van der Waals surface area contributed by atoms with E-state index in [-0.39, 0.29) is 48.1 Å². The van der Waals surface area contributed by atoms with E-state index in [9.17, 15) is 18.8 Å². The zero-order chi connectivity index (χ0) is 29.7. The fourth-order valence-electron chi connectivity index (χ4n) is 9.62. The Morgan fingerprint density at radius 3 is 2.44 bits per heavy atom. The van der Waals surface area contributed by atoms with Crippen LogP contribution in [-0.4, -0.2) is 46.4 Å². The summed E-state index contributed by atoms with van der Waals surface area (Å²) in [4.78, 5) is 43.0. The quantitative estimate of drug-likeness (QED) is 0.316. The second-order valence-electron chi connectivity index (χ2n) is 14.5. The average Bonchev–Trinajstić information content (AvgIpc) is 3.82. The lowest BCUT2D eigenvalue weighted by Crippen LogP contribution is -2.48. The number of alkyl halides is 1. The van der Waals surface area contributed by atoms with E-state index in [0.29, 0.717) is 30.5 Å². The van der Waals surface area contributed by atoms with Gasteiger partial charge in [0.25, 0.3) is 0 Å². The Morgan fingerprint density at radius 2 is 1.72 bits per heavy atom. The highest BCUT2D eigenvalue weighted by Crippen LogP contribution is 2.46. The van der Waals surface area contributed by atoms with Crippen molar-refractivity contribution in [3.8, 4) is 0 Å². The van der Waals surface area contributed by atoms with E-state index in [1.165, 1.54) is 19.3 Å². The van der Waals surface area contributed by atoms with Crippen LogP contribution in [0.25, 0.3) is 10.9 Å². The SMILES string of the molecule is C[C@H](CF)C1CCC(C(=O)N2CC[C@@H](C3CCCCC3)[C@H]2C(=O)Cc2ccc3c(c2)cc2n3C3(CCCC3)OC2=O)CC1. The summed E-state index contributed by atoms with van der Waals surface area (Å²) in [5.74, 6) is 1.16. The lowest BCUT2D eigenvalue weighted by atomic mass is 9.74. The average molecular weight is 591 g/mol. The lowest BCUT2D eigenvalue weighted by molar-refractivity contribution is -0.143. The molecule has 0 radical (unpaired) electrons. The smallest absolute Gasteiger partial charge is 0.357 e. The lowest BCUT2D eigenvalue weighted by Gasteiger charge is -2.37. The highest BCUT2D eigenvalue weighted by Gasteiger charge is 2.49. The molecule has 3 heterocycles. The van der Waals surface area contributed by atoms with Crippen molar-refractivity contribution in [2.45, 2.75) is 115 Å². The molecule has 2 aromatic rings. The van der Waals surface area contributed by atoms with E-state index >= 15 is 0 Å². The minimum Gasteiger partial charge on any atom is -0.434 e. The van der Waals surface area contributed by atoms with Crippen LogP contribution in [0.3, 0.4) is 0 Å². The number of halogens is 1. The fourth-order valence-corrected chi connectivity index (χ4v) is 9.62. The number of hydrogen-bond donors (Lipinski definition) is 0. The second kappa shape index (κ2) is 11.7. The Bertz CT molecular complexity index is 1380. The molecule has 3 atom stereocenters. The summed E-state index contributed by atoms with van der Waals surface area (Å²) in [5.41, 5.74) is 2.00. The maximum atomic E-state index is 14.3. The summed E-state index contributed by atoms with van der Waals surface area (Å²) in [5, 5.41) is 0.977. The first kappa shape index (κ1) is 29.0. The highest BCUT2D eigenvalue weighted by molar-refractivity contribution is 5.99. The Morgan fingerprint density at radius 1 is 0.977 bits per heavy atom. The number of likely N-dealkylation sites (tertiary alicyclic amines) is 1. The van der Waals surface area contributed by atoms with E-state index in [2.05, 4.69) is 16.7 Å². The van der Waals surface area contributed by atoms with Crippen molar-refractivity contribution in [2.24, 2.45) is 29.6 Å². The van der Waals surface area contributed by atoms with Crippen molar-refractivity contribution in [2.75, 3.05) is 13.2 Å². The molecule has 0 unspecified atom stereocenters. The number of nitrogens with zero attached hydrogens (tertiary/aromatic N) is 2. The molecule has 5 aliphatic rings. The van der Waals surface area contributed by atoms with Crippen molar-refractivity contribution in [3.05, 3.63) is 35.5 Å². The Hall–Kier alpha value is -2.70. The number of rotatable bonds is 7. The molecule has 0 N–H and O–H groups in total. The molecule has 3 saturated carbocycles. The molecule has 43 heavy (non-hydrogen) atoms. The van der Waals surface area contributed by atoms with Crippen molar-refractivity contribution >= 4 is 28.6 Å². The Kier molecular flexibility index (Phi) is 7.88. The molecule has 7 heteroatoms. The molecule has 1 amide bonds. The number of benzene rings is 1. The third kappa shape index (κ3) is 5.12. The molecule has 1 saturated heterocycles. The van der Waals surface area contributed by atoms with E-state index in [1.807, 2.05) is 24.0 Å². The molecule has 1 spiro atoms. The summed E-state index contributed by atoms with van der Waals surface area (Å²) >= 11 is 0. The van der Waals surface area contributed by atoms with E-state index in [0.717, 1.165) is 87.1 Å². The predicted octanol–water partition coefficient (Wildman–Crippen LogP) is 7.36. The van der Waals surface area contributed by atoms with Gasteiger partial charge in [-0.15, -0.1) is 0 Å². The van der Waals surface area contributed by atoms with Crippen molar-refractivity contribution < 1.29 is 23.5 Å². The predicted molar refractivity (Wildman–Crippen MR) is 163 cm³/mol. The second-order valence-corrected chi connectivity index (χ2v) is 14.5. The number of esters is 1. The normalized spacial score (nSPS) is 29.7. The van der Waals surface area contributed by atoms with Gasteiger partial charge in [0.1, 0.15) is 5.69 Å². The molecule has 3 aliphatic carbocycles. The molecule has 2 aliphatic heterocycles. The first-order valence-corrected chi connectivity index (χ1v) is 17.2. The number of hydrogen-bond acceptors (Lipinski definition) is 4. The van der Waals surface area contributed by atoms with Crippen LogP contribution in [-0.2, 0) is 26.5 Å². The number of carbonyl (C=O) groups excluding carboxylic acids is 3. The van der Waals surface area contributed by atoms with Gasteiger partial charge in [0.05, 0.1) is 18.2 Å².